The number of aryl methyl sites for hydroxylation is 1. The van der Waals surface area contributed by atoms with Crippen molar-refractivity contribution in [3.8, 4) is 5.75 Å². The van der Waals surface area contributed by atoms with E-state index in [1.165, 1.54) is 30.3 Å². The van der Waals surface area contributed by atoms with E-state index in [9.17, 15) is 34.9 Å². The molecule has 0 aliphatic rings. The van der Waals surface area contributed by atoms with Crippen LogP contribution in [0.5, 0.6) is 5.75 Å². The lowest BCUT2D eigenvalue weighted by atomic mass is 10.0. The molecule has 4 aromatic carbocycles. The van der Waals surface area contributed by atoms with E-state index in [4.69, 9.17) is 10.3 Å². The smallest absolute Gasteiger partial charge is 0.397 e. The van der Waals surface area contributed by atoms with Crippen LogP contribution in [0, 0.1) is 6.92 Å². The summed E-state index contributed by atoms with van der Waals surface area (Å²) in [5.41, 5.74) is 6.93. The van der Waals surface area contributed by atoms with Crippen molar-refractivity contribution in [3.05, 3.63) is 65.7 Å². The van der Waals surface area contributed by atoms with Gasteiger partial charge in [0, 0.05) is 16.5 Å². The number of fused-ring (bicyclic) bond motifs is 2. The Morgan fingerprint density at radius 2 is 1.55 bits per heavy atom. The van der Waals surface area contributed by atoms with Gasteiger partial charge in [0.05, 0.1) is 18.1 Å². The molecule has 0 bridgehead atoms. The molecule has 0 aliphatic carbocycles. The average Bonchev–Trinajstić information content (AvgIpc) is 2.81. The summed E-state index contributed by atoms with van der Waals surface area (Å²) in [6, 6.07) is 13.3. The number of hydrogen-bond donors (Lipinski definition) is 4. The van der Waals surface area contributed by atoms with E-state index >= 15 is 0 Å². The molecule has 0 aromatic heterocycles. The molecule has 0 saturated carbocycles. The molecule has 0 fully saturated rings. The fourth-order valence-electron chi connectivity index (χ4n) is 4.13. The molecule has 0 atom stereocenters. The highest BCUT2D eigenvalue weighted by molar-refractivity contribution is 7.90. The highest BCUT2D eigenvalue weighted by Crippen LogP contribution is 2.40. The first-order valence-electron chi connectivity index (χ1n) is 11.3. The third-order valence-corrected chi connectivity index (χ3v) is 8.81. The van der Waals surface area contributed by atoms with Gasteiger partial charge in [0.2, 0.25) is 0 Å². The van der Waals surface area contributed by atoms with Gasteiger partial charge >= 0.3 is 10.4 Å². The van der Waals surface area contributed by atoms with Crippen LogP contribution in [0.4, 0.5) is 17.1 Å². The lowest BCUT2D eigenvalue weighted by Gasteiger charge is -2.10. The predicted molar refractivity (Wildman–Crippen MR) is 148 cm³/mol. The lowest BCUT2D eigenvalue weighted by Crippen LogP contribution is -2.16. The summed E-state index contributed by atoms with van der Waals surface area (Å²) in [6.45, 7) is 0.890. The Bertz CT molecular complexity index is 2010. The first-order chi connectivity index (χ1) is 18.5. The van der Waals surface area contributed by atoms with Gasteiger partial charge in [0.1, 0.15) is 16.3 Å². The third-order valence-electron chi connectivity index (χ3n) is 5.84. The molecule has 0 saturated heterocycles. The van der Waals surface area contributed by atoms with Crippen LogP contribution in [0.1, 0.15) is 11.1 Å². The van der Waals surface area contributed by atoms with Gasteiger partial charge in [-0.1, -0.05) is 24.3 Å². The van der Waals surface area contributed by atoms with Crippen LogP contribution in [0.25, 0.3) is 21.5 Å². The minimum absolute atomic E-state index is 0.0322. The van der Waals surface area contributed by atoms with Gasteiger partial charge in [0.25, 0.3) is 10.1 Å². The second-order valence-corrected chi connectivity index (χ2v) is 13.5. The molecule has 13 nitrogen and oxygen atoms in total. The molecule has 212 valence electrons. The number of rotatable bonds is 9. The van der Waals surface area contributed by atoms with Crippen molar-refractivity contribution < 1.29 is 43.6 Å². The molecule has 16 heteroatoms. The van der Waals surface area contributed by atoms with E-state index in [-0.39, 0.29) is 33.5 Å². The third kappa shape index (κ3) is 6.72. The fraction of sp³-hybridized carbons (Fsp3) is 0.167. The molecule has 4 aromatic rings. The van der Waals surface area contributed by atoms with Crippen molar-refractivity contribution in [2.45, 2.75) is 17.6 Å². The maximum absolute atomic E-state index is 12.3. The summed E-state index contributed by atoms with van der Waals surface area (Å²) in [6.07, 6.45) is 0. The number of phenols is 1. The standard InChI is InChI=1S/C24H23N3O10S3/c1-14-10-17-12-18(25)4-6-19(17)23(28)22(14)27-26-21-7-3-16-11-15(2-5-20(16)24(21)39(31,32)33)13-38(29,30)9-8-37-40(34,35)36/h2-7,10-12,28H,8-9,13,25H2,1H3,(H,31,32,33)(H,34,35,36). The van der Waals surface area contributed by atoms with Crippen LogP contribution < -0.4 is 5.73 Å². The van der Waals surface area contributed by atoms with Gasteiger partial charge < -0.3 is 10.8 Å². The molecular formula is C24H23N3O10S3. The maximum atomic E-state index is 12.3. The Hall–Kier alpha value is -3.67. The van der Waals surface area contributed by atoms with Crippen LogP contribution in [-0.4, -0.2) is 51.8 Å². The van der Waals surface area contributed by atoms with Crippen molar-refractivity contribution in [3.63, 3.8) is 0 Å². The normalized spacial score (nSPS) is 13.0. The molecule has 4 rings (SSSR count). The number of anilines is 1. The molecule has 5 N–H and O–H groups in total. The van der Waals surface area contributed by atoms with E-state index in [0.29, 0.717) is 22.0 Å². The zero-order valence-electron chi connectivity index (χ0n) is 20.7. The van der Waals surface area contributed by atoms with Crippen molar-refractivity contribution in [1.29, 1.82) is 0 Å². The van der Waals surface area contributed by atoms with Crippen molar-refractivity contribution >= 4 is 69.0 Å². The molecule has 0 amide bonds. The van der Waals surface area contributed by atoms with Crippen LogP contribution in [0.3, 0.4) is 0 Å². The summed E-state index contributed by atoms with van der Waals surface area (Å²) in [5.74, 6) is -1.43. The van der Waals surface area contributed by atoms with E-state index in [1.54, 1.807) is 31.2 Å². The van der Waals surface area contributed by atoms with E-state index in [1.807, 2.05) is 0 Å². The topological polar surface area (TPSA) is 223 Å². The quantitative estimate of drug-likeness (QED) is 0.121. The summed E-state index contributed by atoms with van der Waals surface area (Å²) < 4.78 is 93.2. The Morgan fingerprint density at radius 1 is 0.850 bits per heavy atom. The van der Waals surface area contributed by atoms with Crippen LogP contribution in [-0.2, 0) is 40.3 Å². The van der Waals surface area contributed by atoms with E-state index < -0.39 is 53.4 Å². The minimum Gasteiger partial charge on any atom is -0.505 e. The maximum Gasteiger partial charge on any atom is 0.397 e. The lowest BCUT2D eigenvalue weighted by molar-refractivity contribution is 0.284. The number of sulfone groups is 1. The molecule has 0 unspecified atom stereocenters. The molecule has 0 radical (unpaired) electrons. The molecule has 40 heavy (non-hydrogen) atoms. The van der Waals surface area contributed by atoms with Crippen molar-refractivity contribution in [2.24, 2.45) is 10.2 Å². The Morgan fingerprint density at radius 3 is 2.23 bits per heavy atom. The number of aromatic hydroxyl groups is 1. The highest BCUT2D eigenvalue weighted by atomic mass is 32.3. The van der Waals surface area contributed by atoms with Gasteiger partial charge in [-0.25, -0.2) is 12.6 Å². The second kappa shape index (κ2) is 10.7. The van der Waals surface area contributed by atoms with Gasteiger partial charge in [-0.3, -0.25) is 9.11 Å². The van der Waals surface area contributed by atoms with Crippen LogP contribution >= 0.6 is 0 Å². The summed E-state index contributed by atoms with van der Waals surface area (Å²) >= 11 is 0. The van der Waals surface area contributed by atoms with Gasteiger partial charge in [-0.15, -0.1) is 10.2 Å². The first-order valence-corrected chi connectivity index (χ1v) is 16.0. The summed E-state index contributed by atoms with van der Waals surface area (Å²) in [5, 5.41) is 20.2. The summed E-state index contributed by atoms with van der Waals surface area (Å²) in [4.78, 5) is -0.574. The van der Waals surface area contributed by atoms with Crippen LogP contribution in [0.15, 0.2) is 69.7 Å². The predicted octanol–water partition coefficient (Wildman–Crippen LogP) is 3.99. The SMILES string of the molecule is Cc1cc2cc(N)ccc2c(O)c1N=Nc1ccc2cc(CS(=O)(=O)CCOS(=O)(=O)O)ccc2c1S(=O)(=O)O. The zero-order chi connectivity index (χ0) is 29.5. The molecular weight excluding hydrogens is 586 g/mol. The van der Waals surface area contributed by atoms with Gasteiger partial charge in [0.15, 0.2) is 15.6 Å². The average molecular weight is 610 g/mol. The fourth-order valence-corrected chi connectivity index (χ4v) is 6.54. The Labute approximate surface area is 229 Å². The molecule has 0 spiro atoms. The number of hydrogen-bond acceptors (Lipinski definition) is 11. The highest BCUT2D eigenvalue weighted by Gasteiger charge is 2.22. The number of phenolic OH excluding ortho intramolecular Hbond substituents is 1. The first kappa shape index (κ1) is 29.3. The molecule has 0 aliphatic heterocycles. The Balaban J connectivity index is 1.71. The minimum atomic E-state index is -4.84. The van der Waals surface area contributed by atoms with Crippen molar-refractivity contribution in [1.82, 2.24) is 0 Å². The van der Waals surface area contributed by atoms with Gasteiger partial charge in [-0.2, -0.15) is 16.8 Å². The zero-order valence-corrected chi connectivity index (χ0v) is 23.2. The Kier molecular flexibility index (Phi) is 7.85. The number of azo groups is 1. The number of nitrogens with zero attached hydrogens (tertiary/aromatic N) is 2. The number of nitrogen functional groups attached to an aromatic ring is 1. The number of benzene rings is 4. The largest absolute Gasteiger partial charge is 0.505 e. The van der Waals surface area contributed by atoms with Crippen LogP contribution in [0.2, 0.25) is 0 Å². The monoisotopic (exact) mass is 609 g/mol. The van der Waals surface area contributed by atoms with Crippen molar-refractivity contribution in [2.75, 3.05) is 18.1 Å². The van der Waals surface area contributed by atoms with Gasteiger partial charge in [-0.05, 0) is 59.2 Å². The summed E-state index contributed by atoms with van der Waals surface area (Å²) in [7, 11) is -13.5. The molecule has 0 heterocycles. The second-order valence-electron chi connectivity index (χ2n) is 8.86. The number of nitrogens with two attached hydrogens (primary N) is 1. The van der Waals surface area contributed by atoms with E-state index in [2.05, 4.69) is 14.4 Å². The van der Waals surface area contributed by atoms with E-state index in [0.717, 1.165) is 0 Å².